The summed E-state index contributed by atoms with van der Waals surface area (Å²) in [6.45, 7) is 2.28. The average Bonchev–Trinajstić information content (AvgIpc) is 2.42. The fourth-order valence-electron chi connectivity index (χ4n) is 3.12. The van der Waals surface area contributed by atoms with Gasteiger partial charge < -0.3 is 0 Å². The summed E-state index contributed by atoms with van der Waals surface area (Å²) in [5, 5.41) is 0.707. The van der Waals surface area contributed by atoms with E-state index in [1.165, 1.54) is 32.1 Å². The normalized spacial score (nSPS) is 25.9. The number of rotatable bonds is 4. The van der Waals surface area contributed by atoms with Gasteiger partial charge in [-0.05, 0) is 36.3 Å². The third-order valence-electron chi connectivity index (χ3n) is 4.19. The summed E-state index contributed by atoms with van der Waals surface area (Å²) in [4.78, 5) is 4.04. The van der Waals surface area contributed by atoms with Crippen LogP contribution in [-0.4, -0.2) is 4.98 Å². The smallest absolute Gasteiger partial charge is 0.0637 e. The third kappa shape index (κ3) is 3.02. The highest BCUT2D eigenvalue weighted by Gasteiger charge is 2.29. The van der Waals surface area contributed by atoms with E-state index in [9.17, 15) is 0 Å². The first-order chi connectivity index (χ1) is 8.76. The van der Waals surface area contributed by atoms with Gasteiger partial charge >= 0.3 is 0 Å². The van der Waals surface area contributed by atoms with E-state index in [4.69, 9.17) is 17.4 Å². The molecule has 1 aromatic rings. The van der Waals surface area contributed by atoms with Crippen molar-refractivity contribution in [3.8, 4) is 0 Å². The van der Waals surface area contributed by atoms with Crippen LogP contribution in [0.3, 0.4) is 0 Å². The molecule has 100 valence electrons. The second-order valence-electron chi connectivity index (χ2n) is 5.24. The molecular weight excluding hydrogens is 246 g/mol. The van der Waals surface area contributed by atoms with Gasteiger partial charge in [-0.2, -0.15) is 0 Å². The maximum Gasteiger partial charge on any atom is 0.0637 e. The second kappa shape index (κ2) is 6.50. The number of halogens is 1. The molecule has 0 saturated heterocycles. The van der Waals surface area contributed by atoms with Crippen LogP contribution in [0.4, 0.5) is 0 Å². The molecule has 1 heterocycles. The fraction of sp³-hybridized carbons (Fsp3) is 0.643. The molecule has 0 aromatic carbocycles. The van der Waals surface area contributed by atoms with Crippen LogP contribution in [0.15, 0.2) is 18.5 Å². The molecule has 3 atom stereocenters. The minimum Gasteiger partial charge on any atom is -0.271 e. The third-order valence-corrected chi connectivity index (χ3v) is 4.51. The van der Waals surface area contributed by atoms with Crippen molar-refractivity contribution in [2.24, 2.45) is 17.7 Å². The van der Waals surface area contributed by atoms with Gasteiger partial charge in [-0.25, -0.2) is 0 Å². The van der Waals surface area contributed by atoms with E-state index >= 15 is 0 Å². The van der Waals surface area contributed by atoms with Crippen molar-refractivity contribution in [2.75, 3.05) is 0 Å². The number of hydrogen-bond acceptors (Lipinski definition) is 3. The van der Waals surface area contributed by atoms with Crippen molar-refractivity contribution >= 4 is 11.6 Å². The topological polar surface area (TPSA) is 50.9 Å². The number of pyridine rings is 1. The van der Waals surface area contributed by atoms with Crippen molar-refractivity contribution in [3.05, 3.63) is 29.0 Å². The summed E-state index contributed by atoms with van der Waals surface area (Å²) in [5.41, 5.74) is 4.04. The monoisotopic (exact) mass is 267 g/mol. The van der Waals surface area contributed by atoms with E-state index in [0.717, 1.165) is 11.5 Å². The van der Waals surface area contributed by atoms with Crippen LogP contribution in [-0.2, 0) is 0 Å². The molecule has 0 aliphatic heterocycles. The maximum absolute atomic E-state index is 6.23. The van der Waals surface area contributed by atoms with Crippen molar-refractivity contribution in [1.29, 1.82) is 0 Å². The van der Waals surface area contributed by atoms with Crippen molar-refractivity contribution in [1.82, 2.24) is 10.4 Å². The molecule has 2 rings (SSSR count). The van der Waals surface area contributed by atoms with Gasteiger partial charge in [0.1, 0.15) is 0 Å². The summed E-state index contributed by atoms with van der Waals surface area (Å²) in [5.74, 6) is 7.17. The number of hydrogen-bond donors (Lipinski definition) is 2. The molecule has 3 nitrogen and oxygen atoms in total. The van der Waals surface area contributed by atoms with Crippen LogP contribution in [0.5, 0.6) is 0 Å². The first kappa shape index (κ1) is 13.8. The van der Waals surface area contributed by atoms with E-state index in [-0.39, 0.29) is 6.04 Å². The van der Waals surface area contributed by atoms with Crippen LogP contribution in [0.1, 0.15) is 50.6 Å². The van der Waals surface area contributed by atoms with Crippen LogP contribution >= 0.6 is 11.6 Å². The fourth-order valence-corrected chi connectivity index (χ4v) is 3.36. The molecule has 0 bridgehead atoms. The number of hydrazine groups is 1. The summed E-state index contributed by atoms with van der Waals surface area (Å²) in [7, 11) is 0. The summed E-state index contributed by atoms with van der Waals surface area (Å²) in [6.07, 6.45) is 9.86. The van der Waals surface area contributed by atoms with Gasteiger partial charge in [0, 0.05) is 12.4 Å². The van der Waals surface area contributed by atoms with Gasteiger partial charge in [0.25, 0.3) is 0 Å². The first-order valence-corrected chi connectivity index (χ1v) is 7.19. The zero-order valence-electron chi connectivity index (χ0n) is 10.9. The summed E-state index contributed by atoms with van der Waals surface area (Å²) >= 11 is 6.23. The minimum absolute atomic E-state index is 0.148. The van der Waals surface area contributed by atoms with Gasteiger partial charge in [-0.3, -0.25) is 16.3 Å². The SMILES string of the molecule is CCC1CCCC(C(NN)c2ccncc2Cl)C1. The number of nitrogens with zero attached hydrogens (tertiary/aromatic N) is 1. The Bertz CT molecular complexity index is 383. The highest BCUT2D eigenvalue weighted by atomic mass is 35.5. The molecule has 1 aromatic heterocycles. The lowest BCUT2D eigenvalue weighted by Gasteiger charge is -2.34. The minimum atomic E-state index is 0.148. The predicted molar refractivity (Wildman–Crippen MR) is 75.1 cm³/mol. The highest BCUT2D eigenvalue weighted by molar-refractivity contribution is 6.31. The highest BCUT2D eigenvalue weighted by Crippen LogP contribution is 2.39. The molecule has 1 saturated carbocycles. The maximum atomic E-state index is 6.23. The number of nitrogens with two attached hydrogens (primary N) is 1. The Labute approximate surface area is 114 Å². The predicted octanol–water partition coefficient (Wildman–Crippen LogP) is 3.46. The van der Waals surface area contributed by atoms with Crippen molar-refractivity contribution < 1.29 is 0 Å². The zero-order chi connectivity index (χ0) is 13.0. The second-order valence-corrected chi connectivity index (χ2v) is 5.65. The summed E-state index contributed by atoms with van der Waals surface area (Å²) in [6, 6.07) is 2.12. The van der Waals surface area contributed by atoms with Crippen LogP contribution in [0.2, 0.25) is 5.02 Å². The largest absolute Gasteiger partial charge is 0.271 e. The molecule has 1 fully saturated rings. The van der Waals surface area contributed by atoms with Gasteiger partial charge in [0.05, 0.1) is 11.1 Å². The zero-order valence-corrected chi connectivity index (χ0v) is 11.7. The Kier molecular flexibility index (Phi) is 4.98. The van der Waals surface area contributed by atoms with Crippen LogP contribution in [0, 0.1) is 11.8 Å². The summed E-state index contributed by atoms with van der Waals surface area (Å²) < 4.78 is 0. The molecule has 0 amide bonds. The molecule has 18 heavy (non-hydrogen) atoms. The molecule has 4 heteroatoms. The standard InChI is InChI=1S/C14H22ClN3/c1-2-10-4-3-5-11(8-10)14(18-16)12-6-7-17-9-13(12)15/h6-7,9-11,14,18H,2-5,8,16H2,1H3. The lowest BCUT2D eigenvalue weighted by atomic mass is 9.75. The number of nitrogens with one attached hydrogen (secondary N) is 1. The van der Waals surface area contributed by atoms with Gasteiger partial charge in [-0.1, -0.05) is 37.8 Å². The van der Waals surface area contributed by atoms with Gasteiger partial charge in [0.2, 0.25) is 0 Å². The molecule has 0 spiro atoms. The molecule has 1 aliphatic rings. The Balaban J connectivity index is 2.15. The van der Waals surface area contributed by atoms with E-state index in [0.29, 0.717) is 10.9 Å². The first-order valence-electron chi connectivity index (χ1n) is 6.81. The lowest BCUT2D eigenvalue weighted by molar-refractivity contribution is 0.210. The average molecular weight is 268 g/mol. The molecule has 3 N–H and O–H groups in total. The number of aromatic nitrogens is 1. The Morgan fingerprint density at radius 3 is 3.06 bits per heavy atom. The van der Waals surface area contributed by atoms with Crippen LogP contribution < -0.4 is 11.3 Å². The van der Waals surface area contributed by atoms with Crippen molar-refractivity contribution in [2.45, 2.75) is 45.1 Å². The Morgan fingerprint density at radius 1 is 1.56 bits per heavy atom. The Hall–Kier alpha value is -0.640. The lowest BCUT2D eigenvalue weighted by Crippen LogP contribution is -2.36. The molecular formula is C14H22ClN3. The molecule has 1 aliphatic carbocycles. The van der Waals surface area contributed by atoms with E-state index in [2.05, 4.69) is 17.3 Å². The van der Waals surface area contributed by atoms with E-state index < -0.39 is 0 Å². The quantitative estimate of drug-likeness (QED) is 0.649. The van der Waals surface area contributed by atoms with Gasteiger partial charge in [0.15, 0.2) is 0 Å². The molecule has 0 radical (unpaired) electrons. The van der Waals surface area contributed by atoms with Crippen LogP contribution in [0.25, 0.3) is 0 Å². The van der Waals surface area contributed by atoms with E-state index in [1.807, 2.05) is 6.07 Å². The van der Waals surface area contributed by atoms with E-state index in [1.54, 1.807) is 12.4 Å². The van der Waals surface area contributed by atoms with Gasteiger partial charge in [-0.15, -0.1) is 0 Å². The Morgan fingerprint density at radius 2 is 2.39 bits per heavy atom. The van der Waals surface area contributed by atoms with Crippen molar-refractivity contribution in [3.63, 3.8) is 0 Å². The molecule has 3 unspecified atom stereocenters.